The number of nitrogens with zero attached hydrogens (tertiary/aromatic N) is 6. The van der Waals surface area contributed by atoms with Gasteiger partial charge in [-0.2, -0.15) is 4.68 Å². The number of carbonyl (C=O) groups is 1. The van der Waals surface area contributed by atoms with E-state index in [-0.39, 0.29) is 5.91 Å². The van der Waals surface area contributed by atoms with Gasteiger partial charge in [-0.05, 0) is 43.3 Å². The van der Waals surface area contributed by atoms with Crippen LogP contribution in [0.2, 0.25) is 15.2 Å². The molecule has 4 aromatic rings. The van der Waals surface area contributed by atoms with Gasteiger partial charge in [0, 0.05) is 39.8 Å². The Hall–Kier alpha value is -3.07. The summed E-state index contributed by atoms with van der Waals surface area (Å²) in [6.45, 7) is 1.78. The van der Waals surface area contributed by atoms with E-state index in [0.717, 1.165) is 0 Å². The lowest BCUT2D eigenvalue weighted by Gasteiger charge is -2.14. The average Bonchev–Trinajstić information content (AvgIpc) is 3.20. The molecule has 0 spiro atoms. The van der Waals surface area contributed by atoms with Gasteiger partial charge in [-0.15, -0.1) is 5.10 Å². The van der Waals surface area contributed by atoms with Crippen LogP contribution in [0.25, 0.3) is 17.3 Å². The van der Waals surface area contributed by atoms with E-state index in [9.17, 15) is 4.79 Å². The third kappa shape index (κ3) is 4.82. The second-order valence-corrected chi connectivity index (χ2v) is 7.74. The molecule has 1 atom stereocenters. The van der Waals surface area contributed by atoms with E-state index < -0.39 is 6.04 Å². The summed E-state index contributed by atoms with van der Waals surface area (Å²) in [5.74, 6) is 0.761. The average molecular weight is 475 g/mol. The number of rotatable bonds is 5. The van der Waals surface area contributed by atoms with Crippen LogP contribution in [0.15, 0.2) is 55.0 Å². The Morgan fingerprint density at radius 1 is 1.03 bits per heavy atom. The fourth-order valence-corrected chi connectivity index (χ4v) is 3.45. The van der Waals surface area contributed by atoms with Crippen LogP contribution in [-0.4, -0.2) is 35.6 Å². The first-order valence-corrected chi connectivity index (χ1v) is 10.2. The summed E-state index contributed by atoms with van der Waals surface area (Å²) in [4.78, 5) is 29.9. The van der Waals surface area contributed by atoms with Crippen LogP contribution >= 0.6 is 34.8 Å². The molecule has 0 bridgehead atoms. The highest BCUT2D eigenvalue weighted by atomic mass is 35.5. The highest BCUT2D eigenvalue weighted by Crippen LogP contribution is 2.23. The monoisotopic (exact) mass is 473 g/mol. The van der Waals surface area contributed by atoms with E-state index in [0.29, 0.717) is 43.9 Å². The summed E-state index contributed by atoms with van der Waals surface area (Å²) in [6.07, 6.45) is 4.75. The largest absolute Gasteiger partial charge is 0.342 e. The van der Waals surface area contributed by atoms with Crippen molar-refractivity contribution in [2.75, 3.05) is 0 Å². The van der Waals surface area contributed by atoms with Gasteiger partial charge in [-0.1, -0.05) is 34.8 Å². The van der Waals surface area contributed by atoms with Gasteiger partial charge in [-0.25, -0.2) is 19.9 Å². The Morgan fingerprint density at radius 3 is 2.39 bits per heavy atom. The molecule has 0 saturated heterocycles. The molecule has 0 fully saturated rings. The van der Waals surface area contributed by atoms with Gasteiger partial charge in [0.2, 0.25) is 0 Å². The Bertz CT molecular complexity index is 1210. The van der Waals surface area contributed by atoms with Crippen molar-refractivity contribution in [1.29, 1.82) is 0 Å². The Kier molecular flexibility index (Phi) is 6.13. The molecule has 1 aromatic carbocycles. The number of benzene rings is 1. The molecule has 156 valence electrons. The van der Waals surface area contributed by atoms with Gasteiger partial charge < -0.3 is 5.32 Å². The Balaban J connectivity index is 1.70. The maximum absolute atomic E-state index is 12.8. The molecule has 11 heteroatoms. The third-order valence-corrected chi connectivity index (χ3v) is 4.88. The van der Waals surface area contributed by atoms with Crippen molar-refractivity contribution in [1.82, 2.24) is 35.0 Å². The van der Waals surface area contributed by atoms with Gasteiger partial charge in [0.25, 0.3) is 11.9 Å². The van der Waals surface area contributed by atoms with Gasteiger partial charge in [-0.3, -0.25) is 4.79 Å². The molecule has 4 rings (SSSR count). The van der Waals surface area contributed by atoms with Crippen molar-refractivity contribution in [2.45, 2.75) is 13.0 Å². The Morgan fingerprint density at radius 2 is 1.74 bits per heavy atom. The summed E-state index contributed by atoms with van der Waals surface area (Å²) >= 11 is 17.9. The minimum absolute atomic E-state index is 0.310. The summed E-state index contributed by atoms with van der Waals surface area (Å²) in [6, 6.07) is 9.16. The van der Waals surface area contributed by atoms with E-state index in [2.05, 4.69) is 30.4 Å². The zero-order valence-electron chi connectivity index (χ0n) is 16.0. The number of carbonyl (C=O) groups excluding carboxylic acids is 1. The maximum atomic E-state index is 12.8. The summed E-state index contributed by atoms with van der Waals surface area (Å²) in [5.41, 5.74) is 0.981. The molecule has 0 saturated carbocycles. The van der Waals surface area contributed by atoms with Crippen LogP contribution in [0.5, 0.6) is 0 Å². The highest BCUT2D eigenvalue weighted by Gasteiger charge is 2.22. The molecular weight excluding hydrogens is 461 g/mol. The number of hydrogen-bond acceptors (Lipinski definition) is 6. The minimum atomic E-state index is -0.546. The Labute approximate surface area is 192 Å². The van der Waals surface area contributed by atoms with Gasteiger partial charge >= 0.3 is 0 Å². The second-order valence-electron chi connectivity index (χ2n) is 6.48. The van der Waals surface area contributed by atoms with Crippen molar-refractivity contribution in [3.8, 4) is 17.3 Å². The predicted octanol–water partition coefficient (Wildman–Crippen LogP) is 4.57. The molecule has 0 radical (unpaired) electrons. The lowest BCUT2D eigenvalue weighted by atomic mass is 10.2. The molecule has 31 heavy (non-hydrogen) atoms. The summed E-state index contributed by atoms with van der Waals surface area (Å²) < 4.78 is 1.47. The fourth-order valence-electron chi connectivity index (χ4n) is 2.81. The van der Waals surface area contributed by atoms with Crippen LogP contribution in [0.4, 0.5) is 0 Å². The van der Waals surface area contributed by atoms with Crippen molar-refractivity contribution in [3.63, 3.8) is 0 Å². The molecule has 3 heterocycles. The van der Waals surface area contributed by atoms with Crippen molar-refractivity contribution in [2.24, 2.45) is 0 Å². The fraction of sp³-hybridized carbons (Fsp3) is 0.100. The molecule has 0 aliphatic heterocycles. The number of hydrogen-bond donors (Lipinski definition) is 1. The standard InChI is InChI=1S/C20H14Cl3N7O/c1-11(27-19(31)13-7-14(21)9-15(22)8-13)18-28-17(12-3-4-16(23)26-10-12)29-30(18)20-24-5-2-6-25-20/h2-11H,1H3,(H,27,31). The van der Waals surface area contributed by atoms with E-state index in [1.165, 1.54) is 16.8 Å². The molecule has 3 aromatic heterocycles. The van der Waals surface area contributed by atoms with Gasteiger partial charge in [0.05, 0.1) is 6.04 Å². The molecule has 8 nitrogen and oxygen atoms in total. The van der Waals surface area contributed by atoms with Crippen molar-refractivity contribution in [3.05, 3.63) is 81.6 Å². The first-order chi connectivity index (χ1) is 14.9. The highest BCUT2D eigenvalue weighted by molar-refractivity contribution is 6.35. The van der Waals surface area contributed by atoms with Crippen molar-refractivity contribution >= 4 is 40.7 Å². The van der Waals surface area contributed by atoms with Crippen LogP contribution in [0.3, 0.4) is 0 Å². The SMILES string of the molecule is CC(NC(=O)c1cc(Cl)cc(Cl)c1)c1nc(-c2ccc(Cl)nc2)nn1-c1ncccn1. The van der Waals surface area contributed by atoms with Crippen LogP contribution in [0, 0.1) is 0 Å². The van der Waals surface area contributed by atoms with Crippen LogP contribution < -0.4 is 5.32 Å². The quantitative estimate of drug-likeness (QED) is 0.425. The second kappa shape index (κ2) is 8.97. The summed E-state index contributed by atoms with van der Waals surface area (Å²) in [7, 11) is 0. The van der Waals surface area contributed by atoms with E-state index in [1.807, 2.05) is 0 Å². The van der Waals surface area contributed by atoms with Crippen LogP contribution in [0.1, 0.15) is 29.1 Å². The van der Waals surface area contributed by atoms with Crippen LogP contribution in [-0.2, 0) is 0 Å². The lowest BCUT2D eigenvalue weighted by Crippen LogP contribution is -2.29. The topological polar surface area (TPSA) is 98.5 Å². The normalized spacial score (nSPS) is 11.9. The van der Waals surface area contributed by atoms with Gasteiger partial charge in [0.15, 0.2) is 11.6 Å². The lowest BCUT2D eigenvalue weighted by molar-refractivity contribution is 0.0938. The molecule has 1 amide bonds. The zero-order chi connectivity index (χ0) is 22.0. The first-order valence-electron chi connectivity index (χ1n) is 9.04. The smallest absolute Gasteiger partial charge is 0.252 e. The maximum Gasteiger partial charge on any atom is 0.252 e. The first kappa shape index (κ1) is 21.2. The van der Waals surface area contributed by atoms with E-state index >= 15 is 0 Å². The molecule has 1 unspecified atom stereocenters. The number of nitrogens with one attached hydrogen (secondary N) is 1. The van der Waals surface area contributed by atoms with Gasteiger partial charge in [0.1, 0.15) is 5.15 Å². The number of amides is 1. The number of halogens is 3. The number of pyridine rings is 1. The predicted molar refractivity (Wildman–Crippen MR) is 118 cm³/mol. The third-order valence-electron chi connectivity index (χ3n) is 4.22. The molecular formula is C20H14Cl3N7O. The molecule has 0 aliphatic carbocycles. The minimum Gasteiger partial charge on any atom is -0.342 e. The molecule has 0 aliphatic rings. The van der Waals surface area contributed by atoms with E-state index in [1.54, 1.807) is 49.8 Å². The number of aromatic nitrogens is 6. The molecule has 1 N–H and O–H groups in total. The van der Waals surface area contributed by atoms with Crippen molar-refractivity contribution < 1.29 is 4.79 Å². The van der Waals surface area contributed by atoms with E-state index in [4.69, 9.17) is 34.8 Å². The summed E-state index contributed by atoms with van der Waals surface area (Å²) in [5, 5.41) is 8.48. The zero-order valence-corrected chi connectivity index (χ0v) is 18.3.